The predicted molar refractivity (Wildman–Crippen MR) is 105 cm³/mol. The first-order chi connectivity index (χ1) is 12.7. The van der Waals surface area contributed by atoms with Gasteiger partial charge >= 0.3 is 0 Å². The molecule has 2 aliphatic heterocycles. The van der Waals surface area contributed by atoms with Gasteiger partial charge in [-0.3, -0.25) is 9.69 Å². The van der Waals surface area contributed by atoms with Crippen molar-refractivity contribution in [2.24, 2.45) is 0 Å². The van der Waals surface area contributed by atoms with Crippen molar-refractivity contribution in [3.05, 3.63) is 46.4 Å². The number of anilines is 1. The van der Waals surface area contributed by atoms with Crippen LogP contribution in [-0.4, -0.2) is 45.9 Å². The molecule has 4 rings (SSSR count). The monoisotopic (exact) mass is 370 g/mol. The average Bonchev–Trinajstić information content (AvgIpc) is 3.15. The third-order valence-corrected chi connectivity index (χ3v) is 6.32. The highest BCUT2D eigenvalue weighted by atomic mass is 32.1. The van der Waals surface area contributed by atoms with E-state index in [4.69, 9.17) is 0 Å². The molecule has 0 radical (unpaired) electrons. The van der Waals surface area contributed by atoms with Crippen molar-refractivity contribution < 1.29 is 4.79 Å². The molecule has 1 amide bonds. The number of hydrogen-bond donors (Lipinski definition) is 1. The first kappa shape index (κ1) is 17.5. The normalized spacial score (nSPS) is 20.3. The van der Waals surface area contributed by atoms with Crippen molar-refractivity contribution in [3.63, 3.8) is 0 Å². The van der Waals surface area contributed by atoms with Crippen LogP contribution in [0.25, 0.3) is 0 Å². The molecule has 26 heavy (non-hydrogen) atoms. The van der Waals surface area contributed by atoms with E-state index < -0.39 is 0 Å². The Bertz CT molecular complexity index is 753. The second kappa shape index (κ2) is 7.37. The number of nitrogens with zero attached hydrogens (tertiary/aromatic N) is 3. The van der Waals surface area contributed by atoms with Crippen LogP contribution < -0.4 is 5.32 Å². The molecule has 1 fully saturated rings. The van der Waals surface area contributed by atoms with Gasteiger partial charge in [-0.05, 0) is 31.4 Å². The first-order valence-electron chi connectivity index (χ1n) is 9.41. The van der Waals surface area contributed by atoms with Crippen molar-refractivity contribution in [1.29, 1.82) is 0 Å². The zero-order valence-corrected chi connectivity index (χ0v) is 16.1. The lowest BCUT2D eigenvalue weighted by Crippen LogP contribution is -2.53. The molecule has 138 valence electrons. The van der Waals surface area contributed by atoms with Crippen molar-refractivity contribution in [2.45, 2.75) is 44.8 Å². The summed E-state index contributed by atoms with van der Waals surface area (Å²) in [5.74, 6) is 0.266. The van der Waals surface area contributed by atoms with E-state index in [0.29, 0.717) is 13.0 Å². The van der Waals surface area contributed by atoms with Crippen molar-refractivity contribution in [1.82, 2.24) is 14.8 Å². The van der Waals surface area contributed by atoms with Gasteiger partial charge in [0.2, 0.25) is 5.91 Å². The lowest BCUT2D eigenvalue weighted by atomic mass is 9.82. The van der Waals surface area contributed by atoms with Gasteiger partial charge in [-0.1, -0.05) is 18.2 Å². The SMILES string of the molecule is CCN1Cc2ccccc2NC2(CCN(Cc3cscn3)CC2)CC1=O. The fourth-order valence-corrected chi connectivity index (χ4v) is 4.63. The summed E-state index contributed by atoms with van der Waals surface area (Å²) in [6.07, 6.45) is 2.54. The lowest BCUT2D eigenvalue weighted by Gasteiger charge is -2.45. The molecule has 1 aromatic heterocycles. The average molecular weight is 371 g/mol. The zero-order valence-electron chi connectivity index (χ0n) is 15.3. The smallest absolute Gasteiger partial charge is 0.225 e. The number of nitrogens with one attached hydrogen (secondary N) is 1. The van der Waals surface area contributed by atoms with E-state index in [1.54, 1.807) is 11.3 Å². The number of carbonyl (C=O) groups excluding carboxylic acids is 1. The van der Waals surface area contributed by atoms with Gasteiger partial charge in [-0.25, -0.2) is 4.98 Å². The molecule has 0 bridgehead atoms. The Morgan fingerprint density at radius 2 is 2.08 bits per heavy atom. The van der Waals surface area contributed by atoms with Crippen LogP contribution in [0.3, 0.4) is 0 Å². The Balaban J connectivity index is 1.53. The number of piperidine rings is 1. The van der Waals surface area contributed by atoms with Crippen molar-refractivity contribution in [3.8, 4) is 0 Å². The Kier molecular flexibility index (Phi) is 4.96. The Morgan fingerprint density at radius 3 is 2.81 bits per heavy atom. The molecule has 1 aromatic carbocycles. The molecule has 5 nitrogen and oxygen atoms in total. The van der Waals surface area contributed by atoms with Crippen LogP contribution >= 0.6 is 11.3 Å². The van der Waals surface area contributed by atoms with Crippen LogP contribution in [0, 0.1) is 0 Å². The van der Waals surface area contributed by atoms with Crippen LogP contribution in [0.4, 0.5) is 5.69 Å². The number of likely N-dealkylation sites (tertiary alicyclic amines) is 1. The fourth-order valence-electron chi connectivity index (χ4n) is 4.08. The maximum absolute atomic E-state index is 12.9. The number of amides is 1. The van der Waals surface area contributed by atoms with Crippen LogP contribution in [0.5, 0.6) is 0 Å². The summed E-state index contributed by atoms with van der Waals surface area (Å²) >= 11 is 1.65. The molecule has 3 heterocycles. The molecule has 2 aromatic rings. The molecule has 1 N–H and O–H groups in total. The van der Waals surface area contributed by atoms with Crippen LogP contribution in [0.1, 0.15) is 37.4 Å². The summed E-state index contributed by atoms with van der Waals surface area (Å²) in [6, 6.07) is 8.43. The Labute approximate surface area is 159 Å². The number of aromatic nitrogens is 1. The van der Waals surface area contributed by atoms with E-state index in [-0.39, 0.29) is 11.4 Å². The number of para-hydroxylation sites is 1. The fraction of sp³-hybridized carbons (Fsp3) is 0.500. The third-order valence-electron chi connectivity index (χ3n) is 5.68. The Hall–Kier alpha value is -1.92. The number of benzene rings is 1. The van der Waals surface area contributed by atoms with E-state index >= 15 is 0 Å². The maximum Gasteiger partial charge on any atom is 0.225 e. The minimum Gasteiger partial charge on any atom is -0.379 e. The molecule has 0 saturated carbocycles. The highest BCUT2D eigenvalue weighted by Crippen LogP contribution is 2.35. The van der Waals surface area contributed by atoms with E-state index in [1.165, 1.54) is 11.3 Å². The van der Waals surface area contributed by atoms with Gasteiger partial charge in [0.25, 0.3) is 0 Å². The molecular weight excluding hydrogens is 344 g/mol. The molecular formula is C20H26N4OS. The first-order valence-corrected chi connectivity index (χ1v) is 10.3. The standard InChI is InChI=1S/C20H26N4OS/c1-2-24-12-16-5-3-4-6-18(16)22-20(11-19(24)25)7-9-23(10-8-20)13-17-14-26-15-21-17/h3-6,14-15,22H,2,7-13H2,1H3. The van der Waals surface area contributed by atoms with Gasteiger partial charge in [-0.15, -0.1) is 11.3 Å². The van der Waals surface area contributed by atoms with Gasteiger partial charge in [0.15, 0.2) is 0 Å². The Morgan fingerprint density at radius 1 is 1.27 bits per heavy atom. The van der Waals surface area contributed by atoms with Gasteiger partial charge < -0.3 is 10.2 Å². The topological polar surface area (TPSA) is 48.5 Å². The molecule has 6 heteroatoms. The number of rotatable bonds is 3. The van der Waals surface area contributed by atoms with E-state index in [9.17, 15) is 4.79 Å². The van der Waals surface area contributed by atoms with Gasteiger partial charge in [-0.2, -0.15) is 0 Å². The van der Waals surface area contributed by atoms with E-state index in [2.05, 4.69) is 51.8 Å². The maximum atomic E-state index is 12.9. The predicted octanol–water partition coefficient (Wildman–Crippen LogP) is 3.34. The van der Waals surface area contributed by atoms with E-state index in [1.807, 2.05) is 10.4 Å². The second-order valence-electron chi connectivity index (χ2n) is 7.40. The van der Waals surface area contributed by atoms with Gasteiger partial charge in [0.1, 0.15) is 0 Å². The van der Waals surface area contributed by atoms with Crippen LogP contribution in [0.15, 0.2) is 35.2 Å². The quantitative estimate of drug-likeness (QED) is 0.900. The molecule has 1 saturated heterocycles. The highest BCUT2D eigenvalue weighted by molar-refractivity contribution is 7.07. The minimum absolute atomic E-state index is 0.139. The second-order valence-corrected chi connectivity index (χ2v) is 8.12. The lowest BCUT2D eigenvalue weighted by molar-refractivity contribution is -0.133. The molecule has 0 unspecified atom stereocenters. The minimum atomic E-state index is -0.139. The number of carbonyl (C=O) groups is 1. The van der Waals surface area contributed by atoms with E-state index in [0.717, 1.165) is 44.7 Å². The molecule has 0 aliphatic carbocycles. The summed E-state index contributed by atoms with van der Waals surface area (Å²) < 4.78 is 0. The number of thiazole rings is 1. The number of fused-ring (bicyclic) bond motifs is 1. The summed E-state index contributed by atoms with van der Waals surface area (Å²) in [5, 5.41) is 5.90. The summed E-state index contributed by atoms with van der Waals surface area (Å²) in [5.41, 5.74) is 5.30. The van der Waals surface area contributed by atoms with Crippen LogP contribution in [0.2, 0.25) is 0 Å². The van der Waals surface area contributed by atoms with Gasteiger partial charge in [0, 0.05) is 55.8 Å². The summed E-state index contributed by atoms with van der Waals surface area (Å²) in [6.45, 7) is 6.42. The largest absolute Gasteiger partial charge is 0.379 e. The number of hydrogen-bond acceptors (Lipinski definition) is 5. The van der Waals surface area contributed by atoms with Gasteiger partial charge in [0.05, 0.1) is 11.2 Å². The molecule has 1 spiro atoms. The molecule has 2 aliphatic rings. The zero-order chi connectivity index (χ0) is 18.0. The van der Waals surface area contributed by atoms with Crippen LogP contribution in [-0.2, 0) is 17.9 Å². The summed E-state index contributed by atoms with van der Waals surface area (Å²) in [4.78, 5) is 21.7. The third kappa shape index (κ3) is 3.62. The van der Waals surface area contributed by atoms with Crippen molar-refractivity contribution in [2.75, 3.05) is 25.0 Å². The highest BCUT2D eigenvalue weighted by Gasteiger charge is 2.39. The van der Waals surface area contributed by atoms with Crippen molar-refractivity contribution >= 4 is 22.9 Å². The molecule has 0 atom stereocenters. The summed E-state index contributed by atoms with van der Waals surface area (Å²) in [7, 11) is 0.